The number of aryl methyl sites for hydroxylation is 1. The molecule has 0 heterocycles. The summed E-state index contributed by atoms with van der Waals surface area (Å²) in [6.07, 6.45) is 0. The summed E-state index contributed by atoms with van der Waals surface area (Å²) in [6, 6.07) is 9.13. The minimum Gasteiger partial charge on any atom is -0.495 e. The maximum atomic E-state index is 12.6. The number of nitrogen functional groups attached to an aromatic ring is 1. The van der Waals surface area contributed by atoms with Gasteiger partial charge in [-0.15, -0.1) is 12.4 Å². The second kappa shape index (κ2) is 9.07. The van der Waals surface area contributed by atoms with Gasteiger partial charge in [-0.05, 0) is 56.7 Å². The standard InChI is InChI=1S/C18H23N3O4S.ClH/c1-11(2)21-26(23,24)17-9-13(6-8-16(17)25-4)18(22)20-15-10-14(19)7-5-12(15)3;/h5-11,21H,19H2,1-4H3,(H,20,22);1H. The molecule has 0 saturated heterocycles. The van der Waals surface area contributed by atoms with Crippen molar-refractivity contribution in [2.45, 2.75) is 31.7 Å². The number of rotatable bonds is 6. The summed E-state index contributed by atoms with van der Waals surface area (Å²) in [7, 11) is -2.45. The molecule has 0 spiro atoms. The fourth-order valence-electron chi connectivity index (χ4n) is 2.37. The van der Waals surface area contributed by atoms with Crippen molar-refractivity contribution in [3.05, 3.63) is 47.5 Å². The van der Waals surface area contributed by atoms with Crippen LogP contribution in [0.25, 0.3) is 0 Å². The summed E-state index contributed by atoms with van der Waals surface area (Å²) < 4.78 is 32.6. The number of sulfonamides is 1. The number of hydrogen-bond donors (Lipinski definition) is 3. The Labute approximate surface area is 165 Å². The van der Waals surface area contributed by atoms with Gasteiger partial charge in [0.2, 0.25) is 10.0 Å². The largest absolute Gasteiger partial charge is 0.495 e. The Balaban J connectivity index is 0.00000364. The molecule has 2 aromatic rings. The minimum absolute atomic E-state index is 0. The third-order valence-electron chi connectivity index (χ3n) is 3.62. The van der Waals surface area contributed by atoms with Gasteiger partial charge in [-0.1, -0.05) is 6.07 Å². The summed E-state index contributed by atoms with van der Waals surface area (Å²) in [5, 5.41) is 2.75. The second-order valence-electron chi connectivity index (χ2n) is 6.17. The SMILES string of the molecule is COc1ccc(C(=O)Nc2cc(N)ccc2C)cc1S(=O)(=O)NC(C)C.Cl. The van der Waals surface area contributed by atoms with Gasteiger partial charge in [0.1, 0.15) is 10.6 Å². The highest BCUT2D eigenvalue weighted by atomic mass is 35.5. The van der Waals surface area contributed by atoms with E-state index < -0.39 is 15.9 Å². The van der Waals surface area contributed by atoms with Crippen molar-refractivity contribution in [3.63, 3.8) is 0 Å². The van der Waals surface area contributed by atoms with Crippen LogP contribution in [0, 0.1) is 6.92 Å². The molecule has 0 radical (unpaired) electrons. The van der Waals surface area contributed by atoms with E-state index in [-0.39, 0.29) is 34.7 Å². The van der Waals surface area contributed by atoms with Crippen molar-refractivity contribution >= 4 is 39.7 Å². The molecule has 0 unspecified atom stereocenters. The van der Waals surface area contributed by atoms with E-state index in [4.69, 9.17) is 10.5 Å². The number of nitrogens with one attached hydrogen (secondary N) is 2. The number of carbonyl (C=O) groups excluding carboxylic acids is 1. The molecule has 7 nitrogen and oxygen atoms in total. The van der Waals surface area contributed by atoms with Crippen LogP contribution < -0.4 is 20.5 Å². The Bertz CT molecular complexity index is 930. The lowest BCUT2D eigenvalue weighted by Gasteiger charge is -2.14. The first kappa shape index (κ1) is 22.8. The molecular weight excluding hydrogens is 390 g/mol. The minimum atomic E-state index is -3.82. The van der Waals surface area contributed by atoms with E-state index in [0.29, 0.717) is 11.4 Å². The van der Waals surface area contributed by atoms with Crippen LogP contribution in [0.15, 0.2) is 41.3 Å². The number of methoxy groups -OCH3 is 1. The highest BCUT2D eigenvalue weighted by molar-refractivity contribution is 7.89. The highest BCUT2D eigenvalue weighted by Gasteiger charge is 2.22. The zero-order valence-electron chi connectivity index (χ0n) is 15.6. The number of carbonyl (C=O) groups is 1. The second-order valence-corrected chi connectivity index (χ2v) is 7.85. The number of anilines is 2. The molecule has 0 aromatic heterocycles. The number of hydrogen-bond acceptors (Lipinski definition) is 5. The third kappa shape index (κ3) is 5.59. The van der Waals surface area contributed by atoms with E-state index in [9.17, 15) is 13.2 Å². The zero-order valence-corrected chi connectivity index (χ0v) is 17.2. The van der Waals surface area contributed by atoms with E-state index in [1.807, 2.05) is 6.92 Å². The van der Waals surface area contributed by atoms with Gasteiger partial charge < -0.3 is 15.8 Å². The van der Waals surface area contributed by atoms with Crippen LogP contribution in [-0.2, 0) is 10.0 Å². The predicted octanol–water partition coefficient (Wildman–Crippen LogP) is 2.95. The third-order valence-corrected chi connectivity index (χ3v) is 5.30. The Hall–Kier alpha value is -2.29. The Kier molecular flexibility index (Phi) is 7.65. The lowest BCUT2D eigenvalue weighted by molar-refractivity contribution is 0.102. The summed E-state index contributed by atoms with van der Waals surface area (Å²) in [4.78, 5) is 12.5. The maximum Gasteiger partial charge on any atom is 0.255 e. The molecule has 27 heavy (non-hydrogen) atoms. The first-order chi connectivity index (χ1) is 12.1. The lowest BCUT2D eigenvalue weighted by Crippen LogP contribution is -2.30. The van der Waals surface area contributed by atoms with Crippen molar-refractivity contribution in [1.82, 2.24) is 4.72 Å². The molecule has 0 bridgehead atoms. The van der Waals surface area contributed by atoms with Crippen LogP contribution in [0.3, 0.4) is 0 Å². The van der Waals surface area contributed by atoms with Crippen LogP contribution in [-0.4, -0.2) is 27.5 Å². The first-order valence-electron chi connectivity index (χ1n) is 8.02. The summed E-state index contributed by atoms with van der Waals surface area (Å²) in [6.45, 7) is 5.26. The molecule has 2 aromatic carbocycles. The average molecular weight is 414 g/mol. The van der Waals surface area contributed by atoms with Gasteiger partial charge in [-0.2, -0.15) is 0 Å². The Morgan fingerprint density at radius 3 is 2.41 bits per heavy atom. The number of benzene rings is 2. The van der Waals surface area contributed by atoms with Gasteiger partial charge in [0.05, 0.1) is 7.11 Å². The van der Waals surface area contributed by atoms with Gasteiger partial charge in [0.15, 0.2) is 0 Å². The zero-order chi connectivity index (χ0) is 19.5. The summed E-state index contributed by atoms with van der Waals surface area (Å²) >= 11 is 0. The normalized spacial score (nSPS) is 11.0. The molecule has 0 fully saturated rings. The molecular formula is C18H24ClN3O4S. The quantitative estimate of drug-likeness (QED) is 0.630. The van der Waals surface area contributed by atoms with Gasteiger partial charge in [-0.25, -0.2) is 13.1 Å². The average Bonchev–Trinajstić information content (AvgIpc) is 2.56. The maximum absolute atomic E-state index is 12.6. The molecule has 2 rings (SSSR count). The molecule has 148 valence electrons. The van der Waals surface area contributed by atoms with Crippen LogP contribution in [0.5, 0.6) is 5.75 Å². The molecule has 0 aliphatic heterocycles. The van der Waals surface area contributed by atoms with Crippen molar-refractivity contribution < 1.29 is 17.9 Å². The molecule has 0 aliphatic carbocycles. The van der Waals surface area contributed by atoms with Crippen molar-refractivity contribution in [2.75, 3.05) is 18.2 Å². The summed E-state index contributed by atoms with van der Waals surface area (Å²) in [5.74, 6) is -0.280. The van der Waals surface area contributed by atoms with Crippen LogP contribution in [0.1, 0.15) is 29.8 Å². The smallest absolute Gasteiger partial charge is 0.255 e. The van der Waals surface area contributed by atoms with Crippen LogP contribution >= 0.6 is 12.4 Å². The van der Waals surface area contributed by atoms with Crippen molar-refractivity contribution in [2.24, 2.45) is 0 Å². The fourth-order valence-corrected chi connectivity index (χ4v) is 3.82. The van der Waals surface area contributed by atoms with E-state index in [0.717, 1.165) is 5.56 Å². The van der Waals surface area contributed by atoms with Gasteiger partial charge in [-0.3, -0.25) is 4.79 Å². The molecule has 4 N–H and O–H groups in total. The van der Waals surface area contributed by atoms with E-state index in [1.165, 1.54) is 25.3 Å². The first-order valence-corrected chi connectivity index (χ1v) is 9.50. The van der Waals surface area contributed by atoms with Crippen molar-refractivity contribution in [3.8, 4) is 5.75 Å². The Morgan fingerprint density at radius 2 is 1.81 bits per heavy atom. The number of nitrogens with two attached hydrogens (primary N) is 1. The van der Waals surface area contributed by atoms with Crippen LogP contribution in [0.4, 0.5) is 11.4 Å². The number of amides is 1. The van der Waals surface area contributed by atoms with Gasteiger partial charge >= 0.3 is 0 Å². The molecule has 9 heteroatoms. The molecule has 0 saturated carbocycles. The molecule has 1 amide bonds. The van der Waals surface area contributed by atoms with Crippen LogP contribution in [0.2, 0.25) is 0 Å². The van der Waals surface area contributed by atoms with E-state index >= 15 is 0 Å². The molecule has 0 atom stereocenters. The lowest BCUT2D eigenvalue weighted by atomic mass is 10.1. The Morgan fingerprint density at radius 1 is 1.15 bits per heavy atom. The number of halogens is 1. The molecule has 0 aliphatic rings. The fraction of sp³-hybridized carbons (Fsp3) is 0.278. The van der Waals surface area contributed by atoms with E-state index in [1.54, 1.807) is 32.0 Å². The monoisotopic (exact) mass is 413 g/mol. The van der Waals surface area contributed by atoms with E-state index in [2.05, 4.69) is 10.0 Å². The summed E-state index contributed by atoms with van der Waals surface area (Å²) in [5.41, 5.74) is 7.87. The predicted molar refractivity (Wildman–Crippen MR) is 109 cm³/mol. The van der Waals surface area contributed by atoms with Gasteiger partial charge in [0.25, 0.3) is 5.91 Å². The topological polar surface area (TPSA) is 111 Å². The highest BCUT2D eigenvalue weighted by Crippen LogP contribution is 2.26. The van der Waals surface area contributed by atoms with Gasteiger partial charge in [0, 0.05) is 23.0 Å². The van der Waals surface area contributed by atoms with Crippen molar-refractivity contribution in [1.29, 1.82) is 0 Å². The number of ether oxygens (including phenoxy) is 1.